The number of hydrogen-bond acceptors (Lipinski definition) is 4. The van der Waals surface area contributed by atoms with Gasteiger partial charge in [0.1, 0.15) is 0 Å². The summed E-state index contributed by atoms with van der Waals surface area (Å²) in [6.07, 6.45) is 0. The maximum atomic E-state index is 12.0. The van der Waals surface area contributed by atoms with Crippen LogP contribution >= 0.6 is 11.3 Å². The molecule has 0 saturated carbocycles. The Labute approximate surface area is 117 Å². The van der Waals surface area contributed by atoms with Crippen LogP contribution in [0.1, 0.15) is 28.4 Å². The summed E-state index contributed by atoms with van der Waals surface area (Å²) < 4.78 is 5.08. The fraction of sp³-hybridized carbons (Fsp3) is 0.267. The van der Waals surface area contributed by atoms with Crippen LogP contribution in [0.5, 0.6) is 0 Å². The Balaban J connectivity index is 2.55. The third-order valence-corrected chi connectivity index (χ3v) is 3.78. The Bertz CT molecular complexity index is 617. The number of rotatable bonds is 3. The average molecular weight is 275 g/mol. The largest absolute Gasteiger partial charge is 0.462 e. The number of aryl methyl sites for hydroxylation is 2. The Morgan fingerprint density at radius 1 is 1.37 bits per heavy atom. The molecule has 0 fully saturated rings. The molecule has 2 aromatic rings. The fourth-order valence-electron chi connectivity index (χ4n) is 2.10. The number of carbonyl (C=O) groups excluding carboxylic acids is 1. The average Bonchev–Trinajstić information content (AvgIpc) is 2.72. The molecule has 3 nitrogen and oxygen atoms in total. The zero-order valence-corrected chi connectivity index (χ0v) is 12.1. The minimum absolute atomic E-state index is 0.314. The van der Waals surface area contributed by atoms with Crippen molar-refractivity contribution in [2.45, 2.75) is 20.8 Å². The maximum absolute atomic E-state index is 12.0. The molecule has 0 bridgehead atoms. The normalized spacial score (nSPS) is 10.5. The number of nitrogens with two attached hydrogens (primary N) is 1. The second kappa shape index (κ2) is 5.45. The molecule has 0 atom stereocenters. The van der Waals surface area contributed by atoms with Crippen LogP contribution in [-0.2, 0) is 4.74 Å². The van der Waals surface area contributed by atoms with Crippen LogP contribution in [0.4, 0.5) is 5.00 Å². The van der Waals surface area contributed by atoms with Gasteiger partial charge in [0.15, 0.2) is 0 Å². The van der Waals surface area contributed by atoms with Gasteiger partial charge in [0.2, 0.25) is 0 Å². The van der Waals surface area contributed by atoms with Gasteiger partial charge in [0, 0.05) is 10.9 Å². The Morgan fingerprint density at radius 3 is 2.74 bits per heavy atom. The van der Waals surface area contributed by atoms with Crippen LogP contribution in [0.3, 0.4) is 0 Å². The predicted molar refractivity (Wildman–Crippen MR) is 79.6 cm³/mol. The maximum Gasteiger partial charge on any atom is 0.339 e. The Kier molecular flexibility index (Phi) is 3.90. The lowest BCUT2D eigenvalue weighted by Crippen LogP contribution is -2.05. The van der Waals surface area contributed by atoms with E-state index in [9.17, 15) is 4.79 Å². The van der Waals surface area contributed by atoms with Gasteiger partial charge in [-0.05, 0) is 31.9 Å². The van der Waals surface area contributed by atoms with Gasteiger partial charge in [-0.1, -0.05) is 23.8 Å². The zero-order chi connectivity index (χ0) is 14.0. The number of benzene rings is 1. The molecule has 2 N–H and O–H groups in total. The zero-order valence-electron chi connectivity index (χ0n) is 11.3. The summed E-state index contributed by atoms with van der Waals surface area (Å²) in [7, 11) is 0. The highest BCUT2D eigenvalue weighted by Gasteiger charge is 2.19. The van der Waals surface area contributed by atoms with Crippen LogP contribution in [-0.4, -0.2) is 12.6 Å². The Hall–Kier alpha value is -1.81. The van der Waals surface area contributed by atoms with E-state index in [2.05, 4.69) is 6.07 Å². The smallest absolute Gasteiger partial charge is 0.339 e. The summed E-state index contributed by atoms with van der Waals surface area (Å²) >= 11 is 1.37. The quantitative estimate of drug-likeness (QED) is 0.867. The molecule has 0 aliphatic heterocycles. The lowest BCUT2D eigenvalue weighted by Gasteiger charge is -2.09. The summed E-state index contributed by atoms with van der Waals surface area (Å²) in [5.74, 6) is -0.314. The Morgan fingerprint density at radius 2 is 2.11 bits per heavy atom. The molecule has 0 radical (unpaired) electrons. The van der Waals surface area contributed by atoms with Crippen LogP contribution in [0.2, 0.25) is 0 Å². The molecule has 0 amide bonds. The van der Waals surface area contributed by atoms with Crippen molar-refractivity contribution in [3.8, 4) is 11.1 Å². The highest BCUT2D eigenvalue weighted by molar-refractivity contribution is 7.15. The molecule has 0 unspecified atom stereocenters. The lowest BCUT2D eigenvalue weighted by molar-refractivity contribution is 0.0528. The standard InChI is InChI=1S/C15H17NO2S/c1-4-18-15(17)12-8-19-14(16)13(12)11-6-5-9(2)7-10(11)3/h5-8H,4,16H2,1-3H3. The van der Waals surface area contributed by atoms with Gasteiger partial charge in [-0.3, -0.25) is 0 Å². The molecule has 1 aromatic carbocycles. The molecular formula is C15H17NO2S. The first kappa shape index (κ1) is 13.6. The number of hydrogen-bond donors (Lipinski definition) is 1. The van der Waals surface area contributed by atoms with Crippen molar-refractivity contribution < 1.29 is 9.53 Å². The number of anilines is 1. The van der Waals surface area contributed by atoms with Crippen LogP contribution in [0, 0.1) is 13.8 Å². The molecule has 1 aromatic heterocycles. The van der Waals surface area contributed by atoms with Crippen LogP contribution in [0.25, 0.3) is 11.1 Å². The predicted octanol–water partition coefficient (Wildman–Crippen LogP) is 3.79. The van der Waals surface area contributed by atoms with Crippen LogP contribution < -0.4 is 5.73 Å². The first-order valence-corrected chi connectivity index (χ1v) is 7.04. The number of esters is 1. The van der Waals surface area contributed by atoms with E-state index >= 15 is 0 Å². The van der Waals surface area contributed by atoms with Crippen molar-refractivity contribution in [2.75, 3.05) is 12.3 Å². The molecule has 0 spiro atoms. The summed E-state index contributed by atoms with van der Waals surface area (Å²) in [6, 6.07) is 6.11. The first-order valence-electron chi connectivity index (χ1n) is 6.16. The SMILES string of the molecule is CCOC(=O)c1csc(N)c1-c1ccc(C)cc1C. The molecule has 4 heteroatoms. The van der Waals surface area contributed by atoms with Crippen molar-refractivity contribution in [1.29, 1.82) is 0 Å². The van der Waals surface area contributed by atoms with Gasteiger partial charge in [-0.15, -0.1) is 11.3 Å². The third-order valence-electron chi connectivity index (χ3n) is 2.97. The molecule has 0 aliphatic rings. The molecule has 0 saturated heterocycles. The van der Waals surface area contributed by atoms with Gasteiger partial charge in [0.05, 0.1) is 17.2 Å². The van der Waals surface area contributed by atoms with Crippen molar-refractivity contribution in [1.82, 2.24) is 0 Å². The van der Waals surface area contributed by atoms with Crippen molar-refractivity contribution >= 4 is 22.3 Å². The van der Waals surface area contributed by atoms with Gasteiger partial charge in [0.25, 0.3) is 0 Å². The van der Waals surface area contributed by atoms with E-state index in [4.69, 9.17) is 10.5 Å². The molecule has 19 heavy (non-hydrogen) atoms. The summed E-state index contributed by atoms with van der Waals surface area (Å²) in [5, 5.41) is 2.41. The van der Waals surface area contributed by atoms with Gasteiger partial charge in [-0.2, -0.15) is 0 Å². The second-order valence-electron chi connectivity index (χ2n) is 4.43. The molecule has 100 valence electrons. The topological polar surface area (TPSA) is 52.3 Å². The number of carbonyl (C=O) groups is 1. The number of nitrogen functional groups attached to an aromatic ring is 1. The molecular weight excluding hydrogens is 258 g/mol. The van der Waals surface area contributed by atoms with E-state index in [-0.39, 0.29) is 5.97 Å². The highest BCUT2D eigenvalue weighted by atomic mass is 32.1. The lowest BCUT2D eigenvalue weighted by atomic mass is 9.97. The van der Waals surface area contributed by atoms with Gasteiger partial charge in [-0.25, -0.2) is 4.79 Å². The van der Waals surface area contributed by atoms with E-state index in [1.54, 1.807) is 12.3 Å². The monoisotopic (exact) mass is 275 g/mol. The van der Waals surface area contributed by atoms with E-state index in [1.807, 2.05) is 26.0 Å². The van der Waals surface area contributed by atoms with E-state index < -0.39 is 0 Å². The summed E-state index contributed by atoms with van der Waals surface area (Å²) in [6.45, 7) is 6.22. The number of ether oxygens (including phenoxy) is 1. The molecule has 1 heterocycles. The van der Waals surface area contributed by atoms with Gasteiger partial charge < -0.3 is 10.5 Å². The van der Waals surface area contributed by atoms with Crippen molar-refractivity contribution in [3.63, 3.8) is 0 Å². The fourth-order valence-corrected chi connectivity index (χ4v) is 2.90. The minimum Gasteiger partial charge on any atom is -0.462 e. The highest BCUT2D eigenvalue weighted by Crippen LogP contribution is 2.37. The van der Waals surface area contributed by atoms with E-state index in [0.29, 0.717) is 17.2 Å². The molecule has 0 aliphatic carbocycles. The van der Waals surface area contributed by atoms with Crippen molar-refractivity contribution in [3.05, 3.63) is 40.3 Å². The first-order chi connectivity index (χ1) is 9.04. The third kappa shape index (κ3) is 2.63. The van der Waals surface area contributed by atoms with Crippen molar-refractivity contribution in [2.24, 2.45) is 0 Å². The van der Waals surface area contributed by atoms with Crippen LogP contribution in [0.15, 0.2) is 23.6 Å². The van der Waals surface area contributed by atoms with E-state index in [0.717, 1.165) is 16.7 Å². The van der Waals surface area contributed by atoms with E-state index in [1.165, 1.54) is 16.9 Å². The minimum atomic E-state index is -0.314. The summed E-state index contributed by atoms with van der Waals surface area (Å²) in [5.41, 5.74) is 10.7. The number of thiophene rings is 1. The summed E-state index contributed by atoms with van der Waals surface area (Å²) in [4.78, 5) is 12.0. The second-order valence-corrected chi connectivity index (χ2v) is 5.34. The van der Waals surface area contributed by atoms with Gasteiger partial charge >= 0.3 is 5.97 Å². The molecule has 2 rings (SSSR count).